The third kappa shape index (κ3) is 3.18. The van der Waals surface area contributed by atoms with E-state index >= 15 is 0 Å². The fourth-order valence-corrected chi connectivity index (χ4v) is 2.58. The van der Waals surface area contributed by atoms with Crippen LogP contribution in [0.25, 0.3) is 0 Å². The van der Waals surface area contributed by atoms with Gasteiger partial charge in [0.1, 0.15) is 5.82 Å². The molecule has 1 amide bonds. The highest BCUT2D eigenvalue weighted by molar-refractivity contribution is 5.95. The molecule has 0 radical (unpaired) electrons. The standard InChI is InChI=1S/C14H16F4N2O/c1-8-7-9(19)5-6-20(8)13(21)10-3-2-4-11(12(10)15)14(16,17)18/h2-4,8-9H,5-7,19H2,1H3. The van der Waals surface area contributed by atoms with Crippen molar-refractivity contribution in [1.29, 1.82) is 0 Å². The molecule has 3 nitrogen and oxygen atoms in total. The van der Waals surface area contributed by atoms with Gasteiger partial charge in [0.05, 0.1) is 11.1 Å². The summed E-state index contributed by atoms with van der Waals surface area (Å²) in [5.74, 6) is -2.24. The Balaban J connectivity index is 2.32. The molecule has 0 spiro atoms. The van der Waals surface area contributed by atoms with E-state index in [1.165, 1.54) is 4.90 Å². The van der Waals surface area contributed by atoms with Crippen LogP contribution in [0.3, 0.4) is 0 Å². The maximum absolute atomic E-state index is 14.0. The number of nitrogens with two attached hydrogens (primary N) is 1. The molecule has 2 rings (SSSR count). The van der Waals surface area contributed by atoms with Gasteiger partial charge >= 0.3 is 6.18 Å². The number of amides is 1. The van der Waals surface area contributed by atoms with Gasteiger partial charge in [-0.15, -0.1) is 0 Å². The third-order valence-corrected chi connectivity index (χ3v) is 3.71. The van der Waals surface area contributed by atoms with Crippen LogP contribution in [0.2, 0.25) is 0 Å². The fourth-order valence-electron chi connectivity index (χ4n) is 2.58. The molecule has 1 aromatic rings. The molecular formula is C14H16F4N2O. The molecule has 2 atom stereocenters. The fraction of sp³-hybridized carbons (Fsp3) is 0.500. The lowest BCUT2D eigenvalue weighted by atomic mass is 9.97. The number of carbonyl (C=O) groups excluding carboxylic acids is 1. The molecule has 2 unspecified atom stereocenters. The van der Waals surface area contributed by atoms with E-state index < -0.39 is 29.0 Å². The number of halogens is 4. The minimum atomic E-state index is -4.82. The number of piperidine rings is 1. The first-order valence-corrected chi connectivity index (χ1v) is 6.64. The Hall–Kier alpha value is -1.63. The second kappa shape index (κ2) is 5.63. The molecule has 0 saturated carbocycles. The molecule has 1 fully saturated rings. The summed E-state index contributed by atoms with van der Waals surface area (Å²) in [4.78, 5) is 13.7. The van der Waals surface area contributed by atoms with Crippen LogP contribution in [-0.2, 0) is 6.18 Å². The van der Waals surface area contributed by atoms with E-state index in [2.05, 4.69) is 0 Å². The first-order chi connectivity index (χ1) is 9.71. The molecule has 0 bridgehead atoms. The van der Waals surface area contributed by atoms with Gasteiger partial charge in [-0.25, -0.2) is 4.39 Å². The Morgan fingerprint density at radius 1 is 1.38 bits per heavy atom. The Morgan fingerprint density at radius 2 is 2.05 bits per heavy atom. The quantitative estimate of drug-likeness (QED) is 0.811. The number of carbonyl (C=O) groups is 1. The summed E-state index contributed by atoms with van der Waals surface area (Å²) in [5.41, 5.74) is 3.81. The van der Waals surface area contributed by atoms with Crippen molar-refractivity contribution in [2.75, 3.05) is 6.54 Å². The molecule has 2 N–H and O–H groups in total. The number of rotatable bonds is 1. The third-order valence-electron chi connectivity index (χ3n) is 3.71. The number of likely N-dealkylation sites (tertiary alicyclic amines) is 1. The zero-order valence-electron chi connectivity index (χ0n) is 11.5. The van der Waals surface area contributed by atoms with E-state index in [1.54, 1.807) is 6.92 Å². The molecule has 0 aliphatic carbocycles. The molecule has 0 aromatic heterocycles. The molecule has 116 valence electrons. The second-order valence-electron chi connectivity index (χ2n) is 5.30. The maximum Gasteiger partial charge on any atom is 0.419 e. The summed E-state index contributed by atoms with van der Waals surface area (Å²) >= 11 is 0. The van der Waals surface area contributed by atoms with Crippen LogP contribution in [0.5, 0.6) is 0 Å². The zero-order valence-corrected chi connectivity index (χ0v) is 11.5. The van der Waals surface area contributed by atoms with Gasteiger partial charge in [0, 0.05) is 18.6 Å². The Morgan fingerprint density at radius 3 is 2.62 bits per heavy atom. The minimum Gasteiger partial charge on any atom is -0.336 e. The SMILES string of the molecule is CC1CC(N)CCN1C(=O)c1cccc(C(F)(F)F)c1F. The molecule has 7 heteroatoms. The lowest BCUT2D eigenvalue weighted by Gasteiger charge is -2.36. The topological polar surface area (TPSA) is 46.3 Å². The van der Waals surface area contributed by atoms with Crippen LogP contribution >= 0.6 is 0 Å². The van der Waals surface area contributed by atoms with Crippen LogP contribution in [0, 0.1) is 5.82 Å². The summed E-state index contributed by atoms with van der Waals surface area (Å²) in [6.45, 7) is 2.07. The van der Waals surface area contributed by atoms with Crippen molar-refractivity contribution < 1.29 is 22.4 Å². The highest BCUT2D eigenvalue weighted by atomic mass is 19.4. The maximum atomic E-state index is 14.0. The van der Waals surface area contributed by atoms with E-state index in [4.69, 9.17) is 5.73 Å². The van der Waals surface area contributed by atoms with Crippen molar-refractivity contribution >= 4 is 5.91 Å². The van der Waals surface area contributed by atoms with E-state index in [-0.39, 0.29) is 12.1 Å². The largest absolute Gasteiger partial charge is 0.419 e. The average Bonchev–Trinajstić information content (AvgIpc) is 2.37. The number of nitrogens with zero attached hydrogens (tertiary/aromatic N) is 1. The predicted molar refractivity (Wildman–Crippen MR) is 69.1 cm³/mol. The first-order valence-electron chi connectivity index (χ1n) is 6.64. The number of alkyl halides is 3. The van der Waals surface area contributed by atoms with E-state index in [0.717, 1.165) is 12.1 Å². The van der Waals surface area contributed by atoms with Crippen molar-refractivity contribution in [2.45, 2.75) is 38.0 Å². The zero-order chi connectivity index (χ0) is 15.8. The van der Waals surface area contributed by atoms with Gasteiger partial charge in [0.2, 0.25) is 0 Å². The Bertz CT molecular complexity index is 544. The first kappa shape index (κ1) is 15.8. The summed E-state index contributed by atoms with van der Waals surface area (Å²) < 4.78 is 52.0. The van der Waals surface area contributed by atoms with Crippen LogP contribution < -0.4 is 5.73 Å². The van der Waals surface area contributed by atoms with Crippen LogP contribution in [0.15, 0.2) is 18.2 Å². The van der Waals surface area contributed by atoms with E-state index in [1.807, 2.05) is 0 Å². The summed E-state index contributed by atoms with van der Waals surface area (Å²) in [5, 5.41) is 0. The van der Waals surface area contributed by atoms with Gasteiger partial charge < -0.3 is 10.6 Å². The molecule has 1 saturated heterocycles. The number of hydrogen-bond donors (Lipinski definition) is 1. The van der Waals surface area contributed by atoms with Gasteiger partial charge in [0.15, 0.2) is 0 Å². The van der Waals surface area contributed by atoms with Gasteiger partial charge in [-0.1, -0.05) is 6.07 Å². The highest BCUT2D eigenvalue weighted by Gasteiger charge is 2.37. The van der Waals surface area contributed by atoms with Crippen LogP contribution in [0.4, 0.5) is 17.6 Å². The number of hydrogen-bond acceptors (Lipinski definition) is 2. The Labute approximate surface area is 119 Å². The molecule has 21 heavy (non-hydrogen) atoms. The normalized spacial score (nSPS) is 23.2. The van der Waals surface area contributed by atoms with Crippen molar-refractivity contribution in [2.24, 2.45) is 5.73 Å². The smallest absolute Gasteiger partial charge is 0.336 e. The van der Waals surface area contributed by atoms with Crippen molar-refractivity contribution in [1.82, 2.24) is 4.90 Å². The van der Waals surface area contributed by atoms with Crippen molar-refractivity contribution in [3.8, 4) is 0 Å². The van der Waals surface area contributed by atoms with Crippen LogP contribution in [-0.4, -0.2) is 29.4 Å². The molecule has 1 aliphatic rings. The second-order valence-corrected chi connectivity index (χ2v) is 5.30. The van der Waals surface area contributed by atoms with Gasteiger partial charge in [-0.05, 0) is 31.9 Å². The summed E-state index contributed by atoms with van der Waals surface area (Å²) in [7, 11) is 0. The Kier molecular flexibility index (Phi) is 4.22. The van der Waals surface area contributed by atoms with E-state index in [0.29, 0.717) is 25.5 Å². The van der Waals surface area contributed by atoms with Gasteiger partial charge in [-0.2, -0.15) is 13.2 Å². The monoisotopic (exact) mass is 304 g/mol. The highest BCUT2D eigenvalue weighted by Crippen LogP contribution is 2.33. The number of benzene rings is 1. The van der Waals surface area contributed by atoms with Crippen molar-refractivity contribution in [3.63, 3.8) is 0 Å². The van der Waals surface area contributed by atoms with Crippen molar-refractivity contribution in [3.05, 3.63) is 35.1 Å². The lowest BCUT2D eigenvalue weighted by Crippen LogP contribution is -2.48. The van der Waals surface area contributed by atoms with Gasteiger partial charge in [-0.3, -0.25) is 4.79 Å². The summed E-state index contributed by atoms with van der Waals surface area (Å²) in [6, 6.07) is 2.47. The van der Waals surface area contributed by atoms with E-state index in [9.17, 15) is 22.4 Å². The molecule has 1 heterocycles. The van der Waals surface area contributed by atoms with Crippen LogP contribution in [0.1, 0.15) is 35.7 Å². The molecule has 1 aromatic carbocycles. The lowest BCUT2D eigenvalue weighted by molar-refractivity contribution is -0.140. The molecule has 1 aliphatic heterocycles. The predicted octanol–water partition coefficient (Wildman–Crippen LogP) is 2.80. The molecular weight excluding hydrogens is 288 g/mol. The average molecular weight is 304 g/mol. The minimum absolute atomic E-state index is 0.0459. The van der Waals surface area contributed by atoms with Gasteiger partial charge in [0.25, 0.3) is 5.91 Å². The summed E-state index contributed by atoms with van der Waals surface area (Å²) in [6.07, 6.45) is -3.72.